The van der Waals surface area contributed by atoms with Crippen LogP contribution in [0.4, 0.5) is 5.88 Å². The summed E-state index contributed by atoms with van der Waals surface area (Å²) < 4.78 is 5.40. The molecule has 0 saturated carbocycles. The van der Waals surface area contributed by atoms with E-state index in [0.717, 1.165) is 11.3 Å². The second-order valence-corrected chi connectivity index (χ2v) is 4.00. The number of anilines is 1. The van der Waals surface area contributed by atoms with Crippen LogP contribution in [0.2, 0.25) is 0 Å². The summed E-state index contributed by atoms with van der Waals surface area (Å²) >= 11 is 0. The van der Waals surface area contributed by atoms with Gasteiger partial charge >= 0.3 is 0 Å². The van der Waals surface area contributed by atoms with Gasteiger partial charge in [0.15, 0.2) is 0 Å². The van der Waals surface area contributed by atoms with E-state index >= 15 is 0 Å². The second kappa shape index (κ2) is 5.01. The van der Waals surface area contributed by atoms with Crippen molar-refractivity contribution in [1.29, 1.82) is 0 Å². The van der Waals surface area contributed by atoms with E-state index in [1.54, 1.807) is 31.4 Å². The number of carbonyl (C=O) groups is 1. The Morgan fingerprint density at radius 2 is 2.22 bits per heavy atom. The van der Waals surface area contributed by atoms with Gasteiger partial charge in [0.1, 0.15) is 11.5 Å². The lowest BCUT2D eigenvalue weighted by Gasteiger charge is -2.13. The van der Waals surface area contributed by atoms with E-state index in [0.29, 0.717) is 18.1 Å². The number of furan rings is 1. The van der Waals surface area contributed by atoms with Crippen LogP contribution in [-0.2, 0) is 6.54 Å². The summed E-state index contributed by atoms with van der Waals surface area (Å²) in [4.78, 5) is 17.7. The SMILES string of the molecule is Cc1ccc(N(C)C(=O)c2cc(CN)ccn2)o1. The van der Waals surface area contributed by atoms with E-state index in [4.69, 9.17) is 10.2 Å². The number of pyridine rings is 1. The molecule has 5 nitrogen and oxygen atoms in total. The number of hydrogen-bond donors (Lipinski definition) is 1. The van der Waals surface area contributed by atoms with Gasteiger partial charge in [-0.3, -0.25) is 14.7 Å². The maximum absolute atomic E-state index is 12.2. The molecule has 1 amide bonds. The molecule has 0 unspecified atom stereocenters. The zero-order valence-electron chi connectivity index (χ0n) is 10.4. The van der Waals surface area contributed by atoms with Gasteiger partial charge in [-0.1, -0.05) is 0 Å². The van der Waals surface area contributed by atoms with Crippen molar-refractivity contribution in [2.45, 2.75) is 13.5 Å². The molecule has 2 aromatic heterocycles. The average Bonchev–Trinajstić information content (AvgIpc) is 2.83. The number of hydrogen-bond acceptors (Lipinski definition) is 4. The third kappa shape index (κ3) is 2.41. The minimum atomic E-state index is -0.223. The Balaban J connectivity index is 2.25. The normalized spacial score (nSPS) is 10.4. The number of aryl methyl sites for hydroxylation is 1. The summed E-state index contributed by atoms with van der Waals surface area (Å²) in [7, 11) is 1.65. The Kier molecular flexibility index (Phi) is 3.43. The predicted molar refractivity (Wildman–Crippen MR) is 68.3 cm³/mol. The summed E-state index contributed by atoms with van der Waals surface area (Å²) in [5, 5.41) is 0. The summed E-state index contributed by atoms with van der Waals surface area (Å²) in [5.74, 6) is 1.03. The molecule has 0 spiro atoms. The quantitative estimate of drug-likeness (QED) is 0.893. The Bertz CT molecular complexity index is 563. The molecule has 18 heavy (non-hydrogen) atoms. The number of rotatable bonds is 3. The van der Waals surface area contributed by atoms with E-state index in [-0.39, 0.29) is 5.91 Å². The average molecular weight is 245 g/mol. The highest BCUT2D eigenvalue weighted by atomic mass is 16.4. The molecule has 0 aliphatic heterocycles. The van der Waals surface area contributed by atoms with Gasteiger partial charge in [-0.2, -0.15) is 0 Å². The highest BCUT2D eigenvalue weighted by molar-refractivity contribution is 6.03. The monoisotopic (exact) mass is 245 g/mol. The Labute approximate surface area is 105 Å². The van der Waals surface area contributed by atoms with Crippen molar-refractivity contribution in [3.63, 3.8) is 0 Å². The van der Waals surface area contributed by atoms with Crippen LogP contribution in [-0.4, -0.2) is 17.9 Å². The molecular weight excluding hydrogens is 230 g/mol. The Hall–Kier alpha value is -2.14. The van der Waals surface area contributed by atoms with Gasteiger partial charge in [0, 0.05) is 25.9 Å². The van der Waals surface area contributed by atoms with Crippen molar-refractivity contribution in [2.75, 3.05) is 11.9 Å². The van der Waals surface area contributed by atoms with Gasteiger partial charge in [0.05, 0.1) is 0 Å². The molecule has 0 aliphatic carbocycles. The van der Waals surface area contributed by atoms with Crippen LogP contribution in [0, 0.1) is 6.92 Å². The van der Waals surface area contributed by atoms with Crippen LogP contribution in [0.3, 0.4) is 0 Å². The first-order valence-corrected chi connectivity index (χ1v) is 5.61. The van der Waals surface area contributed by atoms with Gasteiger partial charge in [-0.25, -0.2) is 0 Å². The van der Waals surface area contributed by atoms with Crippen LogP contribution in [0.1, 0.15) is 21.8 Å². The first kappa shape index (κ1) is 12.3. The highest BCUT2D eigenvalue weighted by Crippen LogP contribution is 2.18. The number of nitrogens with zero attached hydrogens (tertiary/aromatic N) is 2. The van der Waals surface area contributed by atoms with Gasteiger partial charge < -0.3 is 10.2 Å². The van der Waals surface area contributed by atoms with Crippen molar-refractivity contribution in [3.8, 4) is 0 Å². The lowest BCUT2D eigenvalue weighted by Crippen LogP contribution is -2.26. The minimum Gasteiger partial charge on any atom is -0.445 e. The lowest BCUT2D eigenvalue weighted by molar-refractivity contribution is 0.0984. The summed E-state index contributed by atoms with van der Waals surface area (Å²) in [5.41, 5.74) is 6.77. The fourth-order valence-electron chi connectivity index (χ4n) is 1.59. The molecule has 2 N–H and O–H groups in total. The molecule has 0 atom stereocenters. The molecule has 0 aromatic carbocycles. The maximum atomic E-state index is 12.2. The lowest BCUT2D eigenvalue weighted by atomic mass is 10.2. The molecule has 0 radical (unpaired) electrons. The van der Waals surface area contributed by atoms with Crippen molar-refractivity contribution < 1.29 is 9.21 Å². The molecule has 94 valence electrons. The Morgan fingerprint density at radius 1 is 1.44 bits per heavy atom. The Morgan fingerprint density at radius 3 is 2.83 bits per heavy atom. The third-order valence-electron chi connectivity index (χ3n) is 2.64. The molecule has 0 fully saturated rings. The highest BCUT2D eigenvalue weighted by Gasteiger charge is 2.17. The van der Waals surface area contributed by atoms with Crippen molar-refractivity contribution in [3.05, 3.63) is 47.5 Å². The second-order valence-electron chi connectivity index (χ2n) is 4.00. The fraction of sp³-hybridized carbons (Fsp3) is 0.231. The number of amides is 1. The van der Waals surface area contributed by atoms with Gasteiger partial charge in [-0.05, 0) is 30.7 Å². The number of aromatic nitrogens is 1. The van der Waals surface area contributed by atoms with Crippen molar-refractivity contribution in [2.24, 2.45) is 5.73 Å². The molecule has 0 saturated heterocycles. The smallest absolute Gasteiger partial charge is 0.278 e. The van der Waals surface area contributed by atoms with Crippen LogP contribution < -0.4 is 10.6 Å². The minimum absolute atomic E-state index is 0.223. The van der Waals surface area contributed by atoms with E-state index in [1.165, 1.54) is 4.90 Å². The summed E-state index contributed by atoms with van der Waals surface area (Å²) in [6.45, 7) is 2.21. The molecule has 5 heteroatoms. The van der Waals surface area contributed by atoms with Gasteiger partial charge in [0.2, 0.25) is 5.88 Å². The summed E-state index contributed by atoms with van der Waals surface area (Å²) in [6, 6.07) is 7.03. The van der Waals surface area contributed by atoms with Crippen LogP contribution in [0.15, 0.2) is 34.9 Å². The zero-order valence-corrected chi connectivity index (χ0v) is 10.4. The molecule has 2 heterocycles. The van der Waals surface area contributed by atoms with Crippen LogP contribution in [0.5, 0.6) is 0 Å². The van der Waals surface area contributed by atoms with Gasteiger partial charge in [-0.15, -0.1) is 0 Å². The van der Waals surface area contributed by atoms with Crippen molar-refractivity contribution in [1.82, 2.24) is 4.98 Å². The first-order chi connectivity index (χ1) is 8.61. The fourth-order valence-corrected chi connectivity index (χ4v) is 1.59. The van der Waals surface area contributed by atoms with Crippen molar-refractivity contribution >= 4 is 11.8 Å². The molecule has 0 aliphatic rings. The topological polar surface area (TPSA) is 72.4 Å². The zero-order chi connectivity index (χ0) is 13.1. The molecule has 2 aromatic rings. The largest absolute Gasteiger partial charge is 0.445 e. The van der Waals surface area contributed by atoms with E-state index in [9.17, 15) is 4.79 Å². The molecular formula is C13H15N3O2. The molecule has 2 rings (SSSR count). The number of carbonyl (C=O) groups excluding carboxylic acids is 1. The first-order valence-electron chi connectivity index (χ1n) is 5.61. The van der Waals surface area contributed by atoms with E-state index in [2.05, 4.69) is 4.98 Å². The standard InChI is InChI=1S/C13H15N3O2/c1-9-3-4-12(18-9)16(2)13(17)11-7-10(8-14)5-6-15-11/h3-7H,8,14H2,1-2H3. The van der Waals surface area contributed by atoms with Crippen LogP contribution in [0.25, 0.3) is 0 Å². The maximum Gasteiger partial charge on any atom is 0.278 e. The van der Waals surface area contributed by atoms with Gasteiger partial charge in [0.25, 0.3) is 5.91 Å². The van der Waals surface area contributed by atoms with Crippen LogP contribution >= 0.6 is 0 Å². The predicted octanol–water partition coefficient (Wildman–Crippen LogP) is 1.72. The third-order valence-corrected chi connectivity index (χ3v) is 2.64. The number of nitrogens with two attached hydrogens (primary N) is 1. The van der Waals surface area contributed by atoms with E-state index in [1.807, 2.05) is 13.0 Å². The van der Waals surface area contributed by atoms with E-state index < -0.39 is 0 Å². The molecule has 0 bridgehead atoms. The summed E-state index contributed by atoms with van der Waals surface area (Å²) in [6.07, 6.45) is 1.58.